The summed E-state index contributed by atoms with van der Waals surface area (Å²) in [5, 5.41) is 3.09. The highest BCUT2D eigenvalue weighted by molar-refractivity contribution is 6.07. The molecule has 0 radical (unpaired) electrons. The number of nitrogens with one attached hydrogen (secondary N) is 1. The van der Waals surface area contributed by atoms with Gasteiger partial charge in [0.05, 0.1) is 5.41 Å². The summed E-state index contributed by atoms with van der Waals surface area (Å²) >= 11 is 0. The predicted octanol–water partition coefficient (Wildman–Crippen LogP) is 3.82. The van der Waals surface area contributed by atoms with Gasteiger partial charge in [0.1, 0.15) is 0 Å². The molecule has 2 aliphatic rings. The number of piperidine rings is 1. The van der Waals surface area contributed by atoms with Gasteiger partial charge < -0.3 is 5.32 Å². The van der Waals surface area contributed by atoms with Crippen LogP contribution in [0, 0.1) is 0 Å². The average Bonchev–Trinajstić information content (AvgIpc) is 2.90. The van der Waals surface area contributed by atoms with Gasteiger partial charge in [-0.25, -0.2) is 0 Å². The van der Waals surface area contributed by atoms with Crippen molar-refractivity contribution < 1.29 is 4.79 Å². The molecule has 1 amide bonds. The second kappa shape index (κ2) is 5.91. The van der Waals surface area contributed by atoms with Crippen molar-refractivity contribution >= 4 is 17.7 Å². The molecular weight excluding hydrogens is 296 g/mol. The van der Waals surface area contributed by atoms with Crippen molar-refractivity contribution in [3.05, 3.63) is 71.8 Å². The Hall–Kier alpha value is -2.39. The van der Waals surface area contributed by atoms with Crippen LogP contribution in [0.5, 0.6) is 0 Å². The molecule has 2 aromatic carbocycles. The van der Waals surface area contributed by atoms with Gasteiger partial charge in [-0.05, 0) is 48.7 Å². The van der Waals surface area contributed by atoms with Gasteiger partial charge in [-0.1, -0.05) is 55.1 Å². The summed E-state index contributed by atoms with van der Waals surface area (Å²) in [7, 11) is 0. The Bertz CT molecular complexity index is 774. The Morgan fingerprint density at radius 2 is 1.83 bits per heavy atom. The van der Waals surface area contributed by atoms with Crippen LogP contribution < -0.4 is 5.32 Å². The van der Waals surface area contributed by atoms with Crippen molar-refractivity contribution in [1.82, 2.24) is 4.90 Å². The van der Waals surface area contributed by atoms with E-state index in [1.807, 2.05) is 24.3 Å². The van der Waals surface area contributed by atoms with Crippen LogP contribution in [-0.2, 0) is 16.8 Å². The van der Waals surface area contributed by atoms with Crippen LogP contribution >= 0.6 is 0 Å². The smallest absolute Gasteiger partial charge is 0.235 e. The van der Waals surface area contributed by atoms with Crippen molar-refractivity contribution in [1.29, 1.82) is 0 Å². The summed E-state index contributed by atoms with van der Waals surface area (Å²) in [6.45, 7) is 6.76. The molecule has 0 atom stereocenters. The van der Waals surface area contributed by atoms with Crippen LogP contribution in [0.4, 0.5) is 5.69 Å². The largest absolute Gasteiger partial charge is 0.325 e. The van der Waals surface area contributed by atoms with E-state index in [-0.39, 0.29) is 11.3 Å². The normalized spacial score (nSPS) is 19.1. The van der Waals surface area contributed by atoms with Crippen LogP contribution in [0.1, 0.15) is 29.5 Å². The molecule has 3 nitrogen and oxygen atoms in total. The lowest BCUT2D eigenvalue weighted by Gasteiger charge is -2.38. The lowest BCUT2D eigenvalue weighted by molar-refractivity contribution is -0.122. The minimum atomic E-state index is -0.382. The third-order valence-corrected chi connectivity index (χ3v) is 5.44. The number of benzene rings is 2. The molecule has 3 heteroatoms. The van der Waals surface area contributed by atoms with E-state index in [0.717, 1.165) is 49.3 Å². The fourth-order valence-electron chi connectivity index (χ4n) is 4.15. The summed E-state index contributed by atoms with van der Waals surface area (Å²) in [5.41, 5.74) is 4.16. The van der Waals surface area contributed by atoms with Crippen LogP contribution in [0.2, 0.25) is 0 Å². The molecule has 0 aliphatic carbocycles. The first-order valence-corrected chi connectivity index (χ1v) is 8.57. The first-order chi connectivity index (χ1) is 11.7. The third kappa shape index (κ3) is 2.36. The van der Waals surface area contributed by atoms with E-state index in [4.69, 9.17) is 0 Å². The minimum Gasteiger partial charge on any atom is -0.325 e. The van der Waals surface area contributed by atoms with Crippen LogP contribution in [-0.4, -0.2) is 23.9 Å². The molecule has 1 saturated heterocycles. The summed E-state index contributed by atoms with van der Waals surface area (Å²) in [6.07, 6.45) is 3.60. The summed E-state index contributed by atoms with van der Waals surface area (Å²) in [5.74, 6) is 0.158. The van der Waals surface area contributed by atoms with Gasteiger partial charge in [-0.3, -0.25) is 9.69 Å². The van der Waals surface area contributed by atoms with E-state index in [2.05, 4.69) is 47.1 Å². The highest BCUT2D eigenvalue weighted by atomic mass is 16.2. The zero-order valence-corrected chi connectivity index (χ0v) is 13.8. The number of likely N-dealkylation sites (tertiary alicyclic amines) is 1. The number of fused-ring (bicyclic) bond motifs is 2. The SMILES string of the molecule is C=Cc1cccc2c1C1(CCN(Cc3ccccc3)CC1)C(=O)N2. The quantitative estimate of drug-likeness (QED) is 0.933. The fourth-order valence-corrected chi connectivity index (χ4v) is 4.15. The van der Waals surface area contributed by atoms with Crippen LogP contribution in [0.15, 0.2) is 55.1 Å². The van der Waals surface area contributed by atoms with Crippen LogP contribution in [0.25, 0.3) is 6.08 Å². The minimum absolute atomic E-state index is 0.158. The Morgan fingerprint density at radius 1 is 1.08 bits per heavy atom. The van der Waals surface area contributed by atoms with E-state index in [1.54, 1.807) is 0 Å². The van der Waals surface area contributed by atoms with Crippen molar-refractivity contribution in [2.24, 2.45) is 0 Å². The molecule has 0 unspecified atom stereocenters. The summed E-state index contributed by atoms with van der Waals surface area (Å²) in [4.78, 5) is 15.2. The van der Waals surface area contributed by atoms with Gasteiger partial charge in [0.2, 0.25) is 5.91 Å². The summed E-state index contributed by atoms with van der Waals surface area (Å²) in [6, 6.07) is 16.6. The van der Waals surface area contributed by atoms with E-state index >= 15 is 0 Å². The molecule has 0 aromatic heterocycles. The molecule has 2 heterocycles. The molecular formula is C21H22N2O. The molecule has 122 valence electrons. The number of anilines is 1. The monoisotopic (exact) mass is 318 g/mol. The van der Waals surface area contributed by atoms with Crippen molar-refractivity contribution in [2.75, 3.05) is 18.4 Å². The van der Waals surface area contributed by atoms with E-state index in [0.29, 0.717) is 0 Å². The molecule has 2 aromatic rings. The Kier molecular flexibility index (Phi) is 3.73. The third-order valence-electron chi connectivity index (χ3n) is 5.44. The van der Waals surface area contributed by atoms with E-state index in [1.165, 1.54) is 5.56 Å². The Labute approximate surface area is 143 Å². The first kappa shape index (κ1) is 15.2. The average molecular weight is 318 g/mol. The van der Waals surface area contributed by atoms with Gasteiger partial charge in [0.25, 0.3) is 0 Å². The maximum absolute atomic E-state index is 12.8. The topological polar surface area (TPSA) is 32.3 Å². The highest BCUT2D eigenvalue weighted by Gasteiger charge is 2.49. The number of rotatable bonds is 3. The Morgan fingerprint density at radius 3 is 2.54 bits per heavy atom. The highest BCUT2D eigenvalue weighted by Crippen LogP contribution is 2.47. The van der Waals surface area contributed by atoms with Crippen LogP contribution in [0.3, 0.4) is 0 Å². The molecule has 4 rings (SSSR count). The van der Waals surface area contributed by atoms with Gasteiger partial charge in [-0.15, -0.1) is 0 Å². The maximum Gasteiger partial charge on any atom is 0.235 e. The second-order valence-electron chi connectivity index (χ2n) is 6.77. The van der Waals surface area contributed by atoms with Crippen molar-refractivity contribution in [3.8, 4) is 0 Å². The van der Waals surface area contributed by atoms with Gasteiger partial charge in [-0.2, -0.15) is 0 Å². The zero-order valence-electron chi connectivity index (χ0n) is 13.8. The molecule has 1 fully saturated rings. The molecule has 24 heavy (non-hydrogen) atoms. The first-order valence-electron chi connectivity index (χ1n) is 8.57. The maximum atomic E-state index is 12.8. The molecule has 0 saturated carbocycles. The van der Waals surface area contributed by atoms with Gasteiger partial charge >= 0.3 is 0 Å². The number of carbonyl (C=O) groups excluding carboxylic acids is 1. The molecule has 0 bridgehead atoms. The predicted molar refractivity (Wildman–Crippen MR) is 97.8 cm³/mol. The van der Waals surface area contributed by atoms with Crippen molar-refractivity contribution in [2.45, 2.75) is 24.8 Å². The standard InChI is InChI=1S/C21H22N2O/c1-2-17-9-6-10-18-19(17)21(20(24)22-18)11-13-23(14-12-21)15-16-7-4-3-5-8-16/h2-10H,1,11-15H2,(H,22,24). The lowest BCUT2D eigenvalue weighted by atomic mass is 9.72. The van der Waals surface area contributed by atoms with Gasteiger partial charge in [0.15, 0.2) is 0 Å². The van der Waals surface area contributed by atoms with E-state index in [9.17, 15) is 4.79 Å². The second-order valence-corrected chi connectivity index (χ2v) is 6.77. The number of amides is 1. The Balaban J connectivity index is 1.57. The van der Waals surface area contributed by atoms with Crippen molar-refractivity contribution in [3.63, 3.8) is 0 Å². The number of nitrogens with zero attached hydrogens (tertiary/aromatic N) is 1. The fraction of sp³-hybridized carbons (Fsp3) is 0.286. The number of carbonyl (C=O) groups is 1. The molecule has 1 spiro atoms. The molecule has 1 N–H and O–H groups in total. The zero-order chi connectivity index (χ0) is 16.6. The van der Waals surface area contributed by atoms with E-state index < -0.39 is 0 Å². The molecule has 2 aliphatic heterocycles. The number of hydrogen-bond donors (Lipinski definition) is 1. The lowest BCUT2D eigenvalue weighted by Crippen LogP contribution is -2.46. The summed E-state index contributed by atoms with van der Waals surface area (Å²) < 4.78 is 0. The number of hydrogen-bond acceptors (Lipinski definition) is 2. The van der Waals surface area contributed by atoms with Gasteiger partial charge in [0, 0.05) is 12.2 Å².